The number of rotatable bonds is 3. The van der Waals surface area contributed by atoms with E-state index < -0.39 is 0 Å². The number of amides is 1. The Balaban J connectivity index is 1.51. The average Bonchev–Trinajstić information content (AvgIpc) is 3.08. The zero-order chi connectivity index (χ0) is 17.6. The van der Waals surface area contributed by atoms with E-state index in [9.17, 15) is 4.79 Å². The Morgan fingerprint density at radius 1 is 1.28 bits per heavy atom. The van der Waals surface area contributed by atoms with Crippen LogP contribution in [0, 0.1) is 5.92 Å². The first-order valence-electron chi connectivity index (χ1n) is 8.73. The van der Waals surface area contributed by atoms with Crippen LogP contribution >= 0.6 is 11.6 Å². The second kappa shape index (κ2) is 6.39. The zero-order valence-electron chi connectivity index (χ0n) is 14.2. The maximum atomic E-state index is 12.6. The number of halogens is 1. The predicted octanol–water partition coefficient (Wildman–Crippen LogP) is 3.39. The number of carbonyl (C=O) groups excluding carboxylic acids is 1. The third-order valence-corrected chi connectivity index (χ3v) is 5.88. The molecular weight excluding hydrogens is 338 g/mol. The number of anilines is 1. The summed E-state index contributed by atoms with van der Waals surface area (Å²) in [4.78, 5) is 15.1. The fourth-order valence-electron chi connectivity index (χ4n) is 4.10. The topological polar surface area (TPSA) is 71.5 Å². The molecule has 1 amide bonds. The van der Waals surface area contributed by atoms with Crippen LogP contribution in [0.2, 0.25) is 5.02 Å². The largest absolute Gasteiger partial charge is 0.451 e. The number of nitrogens with one attached hydrogen (secondary N) is 1. The van der Waals surface area contributed by atoms with Gasteiger partial charge in [0.15, 0.2) is 5.76 Å². The number of benzene rings is 1. The van der Waals surface area contributed by atoms with Crippen molar-refractivity contribution < 1.29 is 9.21 Å². The summed E-state index contributed by atoms with van der Waals surface area (Å²) in [6.45, 7) is 4.47. The molecule has 5 rings (SSSR count). The molecule has 3 saturated heterocycles. The van der Waals surface area contributed by atoms with Crippen molar-refractivity contribution in [2.45, 2.75) is 31.8 Å². The van der Waals surface area contributed by atoms with Crippen LogP contribution < -0.4 is 11.1 Å². The summed E-state index contributed by atoms with van der Waals surface area (Å²) in [5.74, 6) is 1.27. The lowest BCUT2D eigenvalue weighted by atomic mass is 9.79. The van der Waals surface area contributed by atoms with Crippen LogP contribution in [-0.4, -0.2) is 36.0 Å². The van der Waals surface area contributed by atoms with Gasteiger partial charge in [0.05, 0.1) is 5.02 Å². The van der Waals surface area contributed by atoms with E-state index in [1.807, 2.05) is 0 Å². The van der Waals surface area contributed by atoms with Gasteiger partial charge in [-0.05, 0) is 69.1 Å². The third-order valence-electron chi connectivity index (χ3n) is 5.56. The van der Waals surface area contributed by atoms with Crippen molar-refractivity contribution >= 4 is 23.2 Å². The number of nitrogens with zero attached hydrogens (tertiary/aromatic N) is 1. The molecule has 0 radical (unpaired) electrons. The number of hydrogen-bond donors (Lipinski definition) is 2. The number of nitrogen functional groups attached to an aromatic ring is 1. The highest BCUT2D eigenvalue weighted by Gasteiger charge is 2.40. The second-order valence-corrected chi connectivity index (χ2v) is 7.42. The molecule has 1 aromatic heterocycles. The molecule has 2 aromatic rings. The maximum absolute atomic E-state index is 12.6. The van der Waals surface area contributed by atoms with Crippen LogP contribution in [0.3, 0.4) is 0 Å². The highest BCUT2D eigenvalue weighted by atomic mass is 35.5. The summed E-state index contributed by atoms with van der Waals surface area (Å²) in [7, 11) is 0. The van der Waals surface area contributed by atoms with Gasteiger partial charge in [0, 0.05) is 23.3 Å². The van der Waals surface area contributed by atoms with Gasteiger partial charge in [0.2, 0.25) is 0 Å². The first kappa shape index (κ1) is 16.5. The summed E-state index contributed by atoms with van der Waals surface area (Å²) in [5, 5.41) is 3.68. The molecule has 2 bridgehead atoms. The van der Waals surface area contributed by atoms with Crippen molar-refractivity contribution in [1.82, 2.24) is 10.2 Å². The molecule has 0 aliphatic carbocycles. The zero-order valence-corrected chi connectivity index (χ0v) is 14.9. The van der Waals surface area contributed by atoms with Gasteiger partial charge in [0.1, 0.15) is 5.76 Å². The fraction of sp³-hybridized carbons (Fsp3) is 0.421. The van der Waals surface area contributed by atoms with Gasteiger partial charge in [-0.15, -0.1) is 0 Å². The molecule has 3 fully saturated rings. The Hall–Kier alpha value is -1.98. The Morgan fingerprint density at radius 3 is 2.72 bits per heavy atom. The van der Waals surface area contributed by atoms with Crippen LogP contribution in [0.1, 0.15) is 30.3 Å². The Bertz CT molecular complexity index is 794. The molecule has 0 unspecified atom stereocenters. The monoisotopic (exact) mass is 359 g/mol. The first-order chi connectivity index (χ1) is 12.0. The summed E-state index contributed by atoms with van der Waals surface area (Å²) in [6.07, 6.45) is 2.31. The van der Waals surface area contributed by atoms with E-state index in [1.54, 1.807) is 30.3 Å². The smallest absolute Gasteiger partial charge is 0.287 e. The molecule has 5 nitrogen and oxygen atoms in total. The lowest BCUT2D eigenvalue weighted by Crippen LogP contribution is -2.62. The highest BCUT2D eigenvalue weighted by Crippen LogP contribution is 2.33. The summed E-state index contributed by atoms with van der Waals surface area (Å²) >= 11 is 6.22. The number of nitrogens with two attached hydrogens (primary N) is 1. The van der Waals surface area contributed by atoms with E-state index in [0.717, 1.165) is 31.5 Å². The van der Waals surface area contributed by atoms with E-state index in [0.29, 0.717) is 34.2 Å². The summed E-state index contributed by atoms with van der Waals surface area (Å²) < 4.78 is 5.76. The molecule has 4 heterocycles. The fourth-order valence-corrected chi connectivity index (χ4v) is 4.39. The standard InChI is InChI=1S/C19H22ClN3O2/c1-11-18(12-6-8-23(11)9-7-12)22-19(24)17-5-4-16(25-17)14-3-2-13(21)10-15(14)20/h2-5,10-12,18H,6-9,21H2,1H3,(H,22,24)/t11-,18-/m0/s1. The van der Waals surface area contributed by atoms with Gasteiger partial charge in [-0.2, -0.15) is 0 Å². The minimum atomic E-state index is -0.164. The second-order valence-electron chi connectivity index (χ2n) is 7.02. The molecule has 0 saturated carbocycles. The van der Waals surface area contributed by atoms with Gasteiger partial charge in [-0.3, -0.25) is 9.69 Å². The minimum Gasteiger partial charge on any atom is -0.451 e. The van der Waals surface area contributed by atoms with E-state index in [2.05, 4.69) is 17.1 Å². The third kappa shape index (κ3) is 3.02. The van der Waals surface area contributed by atoms with Crippen molar-refractivity contribution in [2.24, 2.45) is 5.92 Å². The molecule has 3 aliphatic heterocycles. The molecule has 6 heteroatoms. The average molecular weight is 360 g/mol. The molecule has 25 heavy (non-hydrogen) atoms. The lowest BCUT2D eigenvalue weighted by Gasteiger charge is -2.49. The van der Waals surface area contributed by atoms with E-state index in [-0.39, 0.29) is 11.9 Å². The molecule has 3 N–H and O–H groups in total. The van der Waals surface area contributed by atoms with Gasteiger partial charge >= 0.3 is 0 Å². The van der Waals surface area contributed by atoms with Gasteiger partial charge in [-0.1, -0.05) is 11.6 Å². The Labute approximate surface area is 152 Å². The molecular formula is C19H22ClN3O2. The summed E-state index contributed by atoms with van der Waals surface area (Å²) in [5.41, 5.74) is 7.04. The van der Waals surface area contributed by atoms with Crippen molar-refractivity contribution in [3.05, 3.63) is 41.1 Å². The van der Waals surface area contributed by atoms with Gasteiger partial charge in [-0.25, -0.2) is 0 Å². The van der Waals surface area contributed by atoms with Crippen molar-refractivity contribution in [2.75, 3.05) is 18.8 Å². The lowest BCUT2D eigenvalue weighted by molar-refractivity contribution is 0.0211. The molecule has 1 aromatic carbocycles. The molecule has 0 spiro atoms. The SMILES string of the molecule is C[C@H]1[C@H](NC(=O)c2ccc(-c3ccc(N)cc3Cl)o2)C2CCN1CC2. The number of carbonyl (C=O) groups is 1. The number of hydrogen-bond acceptors (Lipinski definition) is 4. The van der Waals surface area contributed by atoms with Crippen LogP contribution in [-0.2, 0) is 0 Å². The number of furan rings is 1. The van der Waals surface area contributed by atoms with E-state index >= 15 is 0 Å². The molecule has 3 aliphatic rings. The van der Waals surface area contributed by atoms with Crippen LogP contribution in [0.25, 0.3) is 11.3 Å². The van der Waals surface area contributed by atoms with Crippen LogP contribution in [0.15, 0.2) is 34.7 Å². The van der Waals surface area contributed by atoms with Crippen LogP contribution in [0.5, 0.6) is 0 Å². The quantitative estimate of drug-likeness (QED) is 0.824. The first-order valence-corrected chi connectivity index (χ1v) is 9.11. The van der Waals surface area contributed by atoms with Gasteiger partial charge < -0.3 is 15.5 Å². The van der Waals surface area contributed by atoms with Crippen LogP contribution in [0.4, 0.5) is 5.69 Å². The van der Waals surface area contributed by atoms with Crippen molar-refractivity contribution in [3.8, 4) is 11.3 Å². The highest BCUT2D eigenvalue weighted by molar-refractivity contribution is 6.33. The van der Waals surface area contributed by atoms with E-state index in [4.69, 9.17) is 21.8 Å². The predicted molar refractivity (Wildman–Crippen MR) is 98.6 cm³/mol. The van der Waals surface area contributed by atoms with E-state index in [1.165, 1.54) is 0 Å². The van der Waals surface area contributed by atoms with Crippen molar-refractivity contribution in [3.63, 3.8) is 0 Å². The Morgan fingerprint density at radius 2 is 2.04 bits per heavy atom. The number of fused-ring (bicyclic) bond motifs is 3. The molecule has 2 atom stereocenters. The Kier molecular flexibility index (Phi) is 4.21. The number of piperidine rings is 3. The minimum absolute atomic E-state index is 0.164. The summed E-state index contributed by atoms with van der Waals surface area (Å²) in [6, 6.07) is 9.26. The molecule has 132 valence electrons. The van der Waals surface area contributed by atoms with Crippen molar-refractivity contribution in [1.29, 1.82) is 0 Å². The normalized spacial score (nSPS) is 28.1. The maximum Gasteiger partial charge on any atom is 0.287 e. The van der Waals surface area contributed by atoms with Gasteiger partial charge in [0.25, 0.3) is 5.91 Å².